The molecular formula is C8H8FNO. The Balaban J connectivity index is 2.06. The van der Waals surface area contributed by atoms with E-state index < -0.39 is 0 Å². The topological polar surface area (TPSA) is 22.1 Å². The molecule has 0 aliphatic heterocycles. The first-order chi connectivity index (χ1) is 5.34. The molecule has 0 N–H and O–H groups in total. The first-order valence-electron chi connectivity index (χ1n) is 3.63. The van der Waals surface area contributed by atoms with Crippen molar-refractivity contribution < 1.29 is 9.13 Å². The van der Waals surface area contributed by atoms with Gasteiger partial charge in [0, 0.05) is 6.07 Å². The summed E-state index contributed by atoms with van der Waals surface area (Å²) >= 11 is 0. The molecule has 11 heavy (non-hydrogen) atoms. The van der Waals surface area contributed by atoms with Gasteiger partial charge in [0.1, 0.15) is 11.9 Å². The summed E-state index contributed by atoms with van der Waals surface area (Å²) in [5.74, 6) is 0.196. The third-order valence-corrected chi connectivity index (χ3v) is 1.51. The molecule has 2 rings (SSSR count). The van der Waals surface area contributed by atoms with E-state index in [0.717, 1.165) is 19.0 Å². The van der Waals surface area contributed by atoms with Crippen molar-refractivity contribution >= 4 is 0 Å². The van der Waals surface area contributed by atoms with Crippen molar-refractivity contribution in [2.45, 2.75) is 18.9 Å². The molecule has 0 amide bonds. The van der Waals surface area contributed by atoms with Gasteiger partial charge in [0.15, 0.2) is 0 Å². The second kappa shape index (κ2) is 2.49. The Hall–Kier alpha value is -1.12. The van der Waals surface area contributed by atoms with Crippen LogP contribution in [0.5, 0.6) is 5.88 Å². The maximum atomic E-state index is 12.3. The number of hydrogen-bond donors (Lipinski definition) is 0. The number of hydrogen-bond acceptors (Lipinski definition) is 2. The van der Waals surface area contributed by atoms with Crippen molar-refractivity contribution in [3.8, 4) is 5.88 Å². The standard InChI is InChI=1S/C8H8FNO/c9-6-1-4-8(10-5-6)11-7-2-3-7/h1,4-5,7H,2-3H2. The molecule has 2 nitrogen and oxygen atoms in total. The first kappa shape index (κ1) is 6.58. The van der Waals surface area contributed by atoms with Crippen LogP contribution in [0.1, 0.15) is 12.8 Å². The lowest BCUT2D eigenvalue weighted by Gasteiger charge is -2.00. The summed E-state index contributed by atoms with van der Waals surface area (Å²) in [4.78, 5) is 3.76. The molecule has 0 saturated heterocycles. The van der Waals surface area contributed by atoms with E-state index in [9.17, 15) is 4.39 Å². The third-order valence-electron chi connectivity index (χ3n) is 1.51. The maximum absolute atomic E-state index is 12.3. The molecule has 0 aromatic carbocycles. The van der Waals surface area contributed by atoms with Crippen LogP contribution < -0.4 is 4.74 Å². The van der Waals surface area contributed by atoms with E-state index in [1.807, 2.05) is 0 Å². The lowest BCUT2D eigenvalue weighted by Crippen LogP contribution is -1.97. The normalized spacial score (nSPS) is 16.5. The van der Waals surface area contributed by atoms with Gasteiger partial charge >= 0.3 is 0 Å². The fraction of sp³-hybridized carbons (Fsp3) is 0.375. The molecular weight excluding hydrogens is 145 g/mol. The van der Waals surface area contributed by atoms with Gasteiger partial charge in [-0.3, -0.25) is 0 Å². The van der Waals surface area contributed by atoms with E-state index in [2.05, 4.69) is 4.98 Å². The van der Waals surface area contributed by atoms with Gasteiger partial charge < -0.3 is 4.74 Å². The van der Waals surface area contributed by atoms with Crippen LogP contribution in [-0.2, 0) is 0 Å². The average molecular weight is 153 g/mol. The highest BCUT2D eigenvalue weighted by Crippen LogP contribution is 2.25. The van der Waals surface area contributed by atoms with Gasteiger partial charge in [-0.15, -0.1) is 0 Å². The van der Waals surface area contributed by atoms with Gasteiger partial charge in [-0.2, -0.15) is 0 Å². The number of pyridine rings is 1. The molecule has 0 radical (unpaired) electrons. The summed E-state index contributed by atoms with van der Waals surface area (Å²) in [6, 6.07) is 2.90. The van der Waals surface area contributed by atoms with Gasteiger partial charge in [-0.25, -0.2) is 9.37 Å². The van der Waals surface area contributed by atoms with Crippen LogP contribution >= 0.6 is 0 Å². The molecule has 0 atom stereocenters. The van der Waals surface area contributed by atoms with Crippen molar-refractivity contribution in [3.05, 3.63) is 24.1 Å². The molecule has 1 saturated carbocycles. The van der Waals surface area contributed by atoms with E-state index in [-0.39, 0.29) is 5.82 Å². The first-order valence-corrected chi connectivity index (χ1v) is 3.63. The Bertz CT molecular complexity index is 243. The largest absolute Gasteiger partial charge is 0.474 e. The monoisotopic (exact) mass is 153 g/mol. The maximum Gasteiger partial charge on any atom is 0.213 e. The van der Waals surface area contributed by atoms with Crippen LogP contribution in [0.4, 0.5) is 4.39 Å². The number of halogens is 1. The third kappa shape index (κ3) is 1.67. The van der Waals surface area contributed by atoms with Crippen LogP contribution in [0.2, 0.25) is 0 Å². The Kier molecular flexibility index (Phi) is 1.49. The van der Waals surface area contributed by atoms with Crippen LogP contribution in [0.25, 0.3) is 0 Å². The number of nitrogens with zero attached hydrogens (tertiary/aromatic N) is 1. The Labute approximate surface area is 64.0 Å². The summed E-state index contributed by atoms with van der Waals surface area (Å²) in [6.45, 7) is 0. The van der Waals surface area contributed by atoms with Crippen molar-refractivity contribution in [3.63, 3.8) is 0 Å². The minimum absolute atomic E-state index is 0.326. The number of aromatic nitrogens is 1. The molecule has 1 aromatic heterocycles. The predicted molar refractivity (Wildman–Crippen MR) is 37.8 cm³/mol. The highest BCUT2D eigenvalue weighted by Gasteiger charge is 2.23. The molecule has 1 aliphatic rings. The minimum atomic E-state index is -0.326. The van der Waals surface area contributed by atoms with Gasteiger partial charge in [0.25, 0.3) is 0 Å². The van der Waals surface area contributed by atoms with Crippen molar-refractivity contribution in [2.24, 2.45) is 0 Å². The molecule has 1 aromatic rings. The zero-order chi connectivity index (χ0) is 7.68. The summed E-state index contributed by atoms with van der Waals surface area (Å²) < 4.78 is 17.6. The Morgan fingerprint density at radius 1 is 1.45 bits per heavy atom. The average Bonchev–Trinajstić information content (AvgIpc) is 2.78. The van der Waals surface area contributed by atoms with Crippen LogP contribution in [0.3, 0.4) is 0 Å². The second-order valence-electron chi connectivity index (χ2n) is 2.63. The molecule has 0 spiro atoms. The number of ether oxygens (including phenoxy) is 1. The SMILES string of the molecule is Fc1ccc(OC2CC2)nc1. The molecule has 1 fully saturated rings. The van der Waals surface area contributed by atoms with Gasteiger partial charge in [-0.05, 0) is 18.9 Å². The lowest BCUT2D eigenvalue weighted by atomic mass is 10.5. The molecule has 1 heterocycles. The molecule has 58 valence electrons. The summed E-state index contributed by atoms with van der Waals surface area (Å²) in [7, 11) is 0. The Morgan fingerprint density at radius 3 is 2.82 bits per heavy atom. The zero-order valence-electron chi connectivity index (χ0n) is 5.96. The van der Waals surface area contributed by atoms with Crippen LogP contribution in [0.15, 0.2) is 18.3 Å². The van der Waals surface area contributed by atoms with E-state index in [1.54, 1.807) is 6.07 Å². The van der Waals surface area contributed by atoms with E-state index in [1.165, 1.54) is 6.07 Å². The molecule has 1 aliphatic carbocycles. The number of rotatable bonds is 2. The zero-order valence-corrected chi connectivity index (χ0v) is 5.96. The summed E-state index contributed by atoms with van der Waals surface area (Å²) in [6.07, 6.45) is 3.68. The van der Waals surface area contributed by atoms with Crippen LogP contribution in [0, 0.1) is 5.82 Å². The van der Waals surface area contributed by atoms with Crippen molar-refractivity contribution in [2.75, 3.05) is 0 Å². The highest BCUT2D eigenvalue weighted by atomic mass is 19.1. The van der Waals surface area contributed by atoms with E-state index in [4.69, 9.17) is 4.74 Å². The Morgan fingerprint density at radius 2 is 2.27 bits per heavy atom. The summed E-state index contributed by atoms with van der Waals surface area (Å²) in [5.41, 5.74) is 0. The van der Waals surface area contributed by atoms with Gasteiger partial charge in [-0.1, -0.05) is 0 Å². The lowest BCUT2D eigenvalue weighted by molar-refractivity contribution is 0.290. The van der Waals surface area contributed by atoms with Crippen molar-refractivity contribution in [1.29, 1.82) is 0 Å². The van der Waals surface area contributed by atoms with Gasteiger partial charge in [0.2, 0.25) is 5.88 Å². The second-order valence-corrected chi connectivity index (χ2v) is 2.63. The molecule has 0 unspecified atom stereocenters. The quantitative estimate of drug-likeness (QED) is 0.645. The van der Waals surface area contributed by atoms with Crippen LogP contribution in [-0.4, -0.2) is 11.1 Å². The summed E-state index contributed by atoms with van der Waals surface area (Å²) in [5, 5.41) is 0. The van der Waals surface area contributed by atoms with E-state index in [0.29, 0.717) is 12.0 Å². The predicted octanol–water partition coefficient (Wildman–Crippen LogP) is 1.76. The fourth-order valence-electron chi connectivity index (χ4n) is 0.789. The van der Waals surface area contributed by atoms with Gasteiger partial charge in [0.05, 0.1) is 6.20 Å². The van der Waals surface area contributed by atoms with E-state index >= 15 is 0 Å². The highest BCUT2D eigenvalue weighted by molar-refractivity contribution is 5.11. The van der Waals surface area contributed by atoms with Crippen molar-refractivity contribution in [1.82, 2.24) is 4.98 Å². The smallest absolute Gasteiger partial charge is 0.213 e. The molecule has 0 bridgehead atoms. The molecule has 3 heteroatoms. The fourth-order valence-corrected chi connectivity index (χ4v) is 0.789. The minimum Gasteiger partial charge on any atom is -0.474 e.